The van der Waals surface area contributed by atoms with E-state index < -0.39 is 6.09 Å². The Morgan fingerprint density at radius 2 is 2.19 bits per heavy atom. The average Bonchev–Trinajstić information content (AvgIpc) is 2.97. The van der Waals surface area contributed by atoms with Gasteiger partial charge in [-0.2, -0.15) is 0 Å². The van der Waals surface area contributed by atoms with Gasteiger partial charge in [-0.25, -0.2) is 4.79 Å². The molecular weight excluding hydrogens is 272 g/mol. The number of nitrogens with zero attached hydrogens (tertiary/aromatic N) is 2. The lowest BCUT2D eigenvalue weighted by Gasteiger charge is -2.33. The molecule has 2 heterocycles. The van der Waals surface area contributed by atoms with Gasteiger partial charge in [0.05, 0.1) is 13.2 Å². The van der Waals surface area contributed by atoms with E-state index in [9.17, 15) is 9.59 Å². The molecule has 0 radical (unpaired) electrons. The first-order valence-electron chi connectivity index (χ1n) is 7.06. The summed E-state index contributed by atoms with van der Waals surface area (Å²) in [5, 5.41) is 9.02. The second-order valence-corrected chi connectivity index (χ2v) is 5.44. The van der Waals surface area contributed by atoms with E-state index in [1.54, 1.807) is 19.2 Å². The van der Waals surface area contributed by atoms with Crippen LogP contribution in [0.1, 0.15) is 22.3 Å². The summed E-state index contributed by atoms with van der Waals surface area (Å²) in [4.78, 5) is 26.8. The molecule has 0 spiro atoms. The molecule has 1 unspecified atom stereocenters. The molecule has 0 saturated carbocycles. The number of benzene rings is 1. The summed E-state index contributed by atoms with van der Waals surface area (Å²) in [6.07, 6.45) is 0.581. The number of fused-ring (bicyclic) bond motifs is 1. The standard InChI is InChI=1S/C15H18N2O4/c1-21-12-2-3-13-10(8-12)4-7-17(14(13)18)11-5-6-16(9-11)15(19)20/h2-3,8,11H,4-7,9H2,1H3,(H,19,20). The first-order valence-corrected chi connectivity index (χ1v) is 7.06. The van der Waals surface area contributed by atoms with Gasteiger partial charge < -0.3 is 19.6 Å². The smallest absolute Gasteiger partial charge is 0.407 e. The number of carboxylic acid groups (broad SMARTS) is 1. The molecule has 2 aliphatic rings. The Morgan fingerprint density at radius 1 is 1.38 bits per heavy atom. The average molecular weight is 290 g/mol. The number of likely N-dealkylation sites (tertiary alicyclic amines) is 1. The number of methoxy groups -OCH3 is 1. The summed E-state index contributed by atoms with van der Waals surface area (Å²) < 4.78 is 5.19. The van der Waals surface area contributed by atoms with Gasteiger partial charge in [0.1, 0.15) is 5.75 Å². The number of rotatable bonds is 2. The zero-order valence-electron chi connectivity index (χ0n) is 11.9. The van der Waals surface area contributed by atoms with Crippen molar-refractivity contribution in [3.05, 3.63) is 29.3 Å². The van der Waals surface area contributed by atoms with Crippen molar-refractivity contribution in [3.63, 3.8) is 0 Å². The summed E-state index contributed by atoms with van der Waals surface area (Å²) in [6.45, 7) is 1.54. The Bertz CT molecular complexity index is 587. The molecule has 2 amide bonds. The van der Waals surface area contributed by atoms with E-state index in [0.29, 0.717) is 31.6 Å². The van der Waals surface area contributed by atoms with E-state index in [1.807, 2.05) is 11.0 Å². The maximum Gasteiger partial charge on any atom is 0.407 e. The van der Waals surface area contributed by atoms with Crippen LogP contribution in [0.4, 0.5) is 4.79 Å². The minimum Gasteiger partial charge on any atom is -0.497 e. The number of carbonyl (C=O) groups excluding carboxylic acids is 1. The van der Waals surface area contributed by atoms with Crippen LogP contribution >= 0.6 is 0 Å². The van der Waals surface area contributed by atoms with Crippen molar-refractivity contribution in [3.8, 4) is 5.75 Å². The van der Waals surface area contributed by atoms with Crippen LogP contribution in [-0.4, -0.2) is 59.7 Å². The van der Waals surface area contributed by atoms with Gasteiger partial charge in [0.25, 0.3) is 5.91 Å². The van der Waals surface area contributed by atoms with Gasteiger partial charge in [-0.1, -0.05) is 0 Å². The summed E-state index contributed by atoms with van der Waals surface area (Å²) >= 11 is 0. The molecule has 3 rings (SSSR count). The van der Waals surface area contributed by atoms with Crippen molar-refractivity contribution in [2.45, 2.75) is 18.9 Å². The zero-order chi connectivity index (χ0) is 15.0. The molecule has 0 bridgehead atoms. The number of hydrogen-bond acceptors (Lipinski definition) is 3. The van der Waals surface area contributed by atoms with Gasteiger partial charge in [0.2, 0.25) is 0 Å². The number of ether oxygens (including phenoxy) is 1. The molecule has 6 heteroatoms. The number of amides is 2. The lowest BCUT2D eigenvalue weighted by Crippen LogP contribution is -2.46. The minimum atomic E-state index is -0.910. The third-order valence-corrected chi connectivity index (χ3v) is 4.30. The topological polar surface area (TPSA) is 70.1 Å². The third kappa shape index (κ3) is 2.41. The van der Waals surface area contributed by atoms with Crippen molar-refractivity contribution in [1.82, 2.24) is 9.80 Å². The van der Waals surface area contributed by atoms with E-state index in [1.165, 1.54) is 4.90 Å². The molecular formula is C15H18N2O4. The summed E-state index contributed by atoms with van der Waals surface area (Å²) in [6, 6.07) is 5.48. The Labute approximate surface area is 122 Å². The fraction of sp³-hybridized carbons (Fsp3) is 0.467. The summed E-state index contributed by atoms with van der Waals surface area (Å²) in [5.74, 6) is 0.754. The van der Waals surface area contributed by atoms with Crippen LogP contribution in [0.5, 0.6) is 5.75 Å². The van der Waals surface area contributed by atoms with Crippen LogP contribution in [0.2, 0.25) is 0 Å². The quantitative estimate of drug-likeness (QED) is 0.895. The molecule has 0 aromatic heterocycles. The second-order valence-electron chi connectivity index (χ2n) is 5.44. The minimum absolute atomic E-state index is 0.00357. The van der Waals surface area contributed by atoms with Crippen LogP contribution in [0.15, 0.2) is 18.2 Å². The number of hydrogen-bond donors (Lipinski definition) is 1. The van der Waals surface area contributed by atoms with Gasteiger partial charge in [-0.3, -0.25) is 4.79 Å². The van der Waals surface area contributed by atoms with Gasteiger partial charge >= 0.3 is 6.09 Å². The molecule has 112 valence electrons. The van der Waals surface area contributed by atoms with Gasteiger partial charge in [0.15, 0.2) is 0 Å². The highest BCUT2D eigenvalue weighted by molar-refractivity contribution is 5.97. The van der Waals surface area contributed by atoms with Crippen LogP contribution in [0.3, 0.4) is 0 Å². The maximum absolute atomic E-state index is 12.6. The molecule has 1 fully saturated rings. The van der Waals surface area contributed by atoms with Gasteiger partial charge in [-0.05, 0) is 36.6 Å². The van der Waals surface area contributed by atoms with Crippen LogP contribution < -0.4 is 4.74 Å². The van der Waals surface area contributed by atoms with Crippen LogP contribution in [-0.2, 0) is 6.42 Å². The lowest BCUT2D eigenvalue weighted by atomic mass is 9.97. The predicted octanol–water partition coefficient (Wildman–Crippen LogP) is 1.45. The van der Waals surface area contributed by atoms with Crippen LogP contribution in [0, 0.1) is 0 Å². The number of carbonyl (C=O) groups is 2. The highest BCUT2D eigenvalue weighted by atomic mass is 16.5. The van der Waals surface area contributed by atoms with E-state index in [0.717, 1.165) is 17.7 Å². The SMILES string of the molecule is COc1ccc2c(c1)CCN(C1CCN(C(=O)O)C1)C2=O. The lowest BCUT2D eigenvalue weighted by molar-refractivity contribution is 0.0661. The maximum atomic E-state index is 12.6. The monoisotopic (exact) mass is 290 g/mol. The van der Waals surface area contributed by atoms with Crippen molar-refractivity contribution in [1.29, 1.82) is 0 Å². The largest absolute Gasteiger partial charge is 0.497 e. The van der Waals surface area contributed by atoms with Crippen molar-refractivity contribution < 1.29 is 19.4 Å². The van der Waals surface area contributed by atoms with Gasteiger partial charge in [-0.15, -0.1) is 0 Å². The molecule has 21 heavy (non-hydrogen) atoms. The Kier molecular flexibility index (Phi) is 3.45. The summed E-state index contributed by atoms with van der Waals surface area (Å²) in [7, 11) is 1.61. The normalized spacial score (nSPS) is 21.4. The van der Waals surface area contributed by atoms with Crippen molar-refractivity contribution in [2.75, 3.05) is 26.7 Å². The van der Waals surface area contributed by atoms with E-state index in [4.69, 9.17) is 9.84 Å². The molecule has 1 aromatic rings. The van der Waals surface area contributed by atoms with Crippen molar-refractivity contribution in [2.24, 2.45) is 0 Å². The Morgan fingerprint density at radius 3 is 2.86 bits per heavy atom. The highest BCUT2D eigenvalue weighted by Crippen LogP contribution is 2.27. The highest BCUT2D eigenvalue weighted by Gasteiger charge is 2.35. The third-order valence-electron chi connectivity index (χ3n) is 4.30. The predicted molar refractivity (Wildman–Crippen MR) is 75.7 cm³/mol. The van der Waals surface area contributed by atoms with Crippen molar-refractivity contribution >= 4 is 12.0 Å². The summed E-state index contributed by atoms with van der Waals surface area (Å²) in [5.41, 5.74) is 1.71. The Balaban J connectivity index is 1.78. The van der Waals surface area contributed by atoms with E-state index in [-0.39, 0.29) is 11.9 Å². The van der Waals surface area contributed by atoms with Gasteiger partial charge in [0, 0.05) is 25.2 Å². The first kappa shape index (κ1) is 13.7. The molecule has 1 saturated heterocycles. The second kappa shape index (κ2) is 5.27. The first-order chi connectivity index (χ1) is 10.1. The van der Waals surface area contributed by atoms with E-state index in [2.05, 4.69) is 0 Å². The zero-order valence-corrected chi connectivity index (χ0v) is 11.9. The molecule has 2 aliphatic heterocycles. The Hall–Kier alpha value is -2.24. The fourth-order valence-electron chi connectivity index (χ4n) is 3.13. The molecule has 1 aromatic carbocycles. The molecule has 1 N–H and O–H groups in total. The molecule has 6 nitrogen and oxygen atoms in total. The van der Waals surface area contributed by atoms with Crippen LogP contribution in [0.25, 0.3) is 0 Å². The molecule has 1 atom stereocenters. The van der Waals surface area contributed by atoms with E-state index >= 15 is 0 Å². The fourth-order valence-corrected chi connectivity index (χ4v) is 3.13. The molecule has 0 aliphatic carbocycles.